The first-order valence-corrected chi connectivity index (χ1v) is 12.5. The van der Waals surface area contributed by atoms with Gasteiger partial charge in [-0.15, -0.1) is 0 Å². The number of nitrogens with one attached hydrogen (secondary N) is 1. The van der Waals surface area contributed by atoms with Crippen LogP contribution in [-0.4, -0.2) is 70.0 Å². The van der Waals surface area contributed by atoms with Gasteiger partial charge in [0.25, 0.3) is 11.8 Å². The van der Waals surface area contributed by atoms with Gasteiger partial charge in [-0.3, -0.25) is 24.6 Å². The van der Waals surface area contributed by atoms with E-state index in [9.17, 15) is 9.59 Å². The second-order valence-corrected chi connectivity index (χ2v) is 9.82. The molecule has 2 heterocycles. The van der Waals surface area contributed by atoms with E-state index in [1.54, 1.807) is 11.6 Å². The Morgan fingerprint density at radius 3 is 2.31 bits per heavy atom. The maximum atomic E-state index is 13.4. The first kappa shape index (κ1) is 25.1. The van der Waals surface area contributed by atoms with Gasteiger partial charge in [0, 0.05) is 49.9 Å². The van der Waals surface area contributed by atoms with E-state index < -0.39 is 5.91 Å². The number of hydrogen-bond donors (Lipinski definition) is 2. The first-order valence-electron chi connectivity index (χ1n) is 12.5. The summed E-state index contributed by atoms with van der Waals surface area (Å²) in [4.78, 5) is 31.4. The van der Waals surface area contributed by atoms with Crippen LogP contribution in [0.4, 0.5) is 0 Å². The number of amides is 2. The average Bonchev–Trinajstić information content (AvgIpc) is 3.38. The number of benzene rings is 2. The van der Waals surface area contributed by atoms with Gasteiger partial charge in [0.05, 0.1) is 0 Å². The Morgan fingerprint density at radius 1 is 0.971 bits per heavy atom. The Hall–Kier alpha value is -3.00. The molecule has 4 rings (SSSR count). The van der Waals surface area contributed by atoms with Gasteiger partial charge < -0.3 is 4.90 Å². The summed E-state index contributed by atoms with van der Waals surface area (Å²) >= 11 is 0. The molecule has 2 N–H and O–H groups in total. The van der Waals surface area contributed by atoms with E-state index in [0.29, 0.717) is 13.1 Å². The van der Waals surface area contributed by atoms with Crippen molar-refractivity contribution < 1.29 is 14.8 Å². The fourth-order valence-corrected chi connectivity index (χ4v) is 5.17. The summed E-state index contributed by atoms with van der Waals surface area (Å²) in [5.74, 6) is -0.433. The van der Waals surface area contributed by atoms with Gasteiger partial charge in [-0.05, 0) is 74.7 Å². The second-order valence-electron chi connectivity index (χ2n) is 9.82. The van der Waals surface area contributed by atoms with Gasteiger partial charge in [-0.25, -0.2) is 5.48 Å². The highest BCUT2D eigenvalue weighted by Crippen LogP contribution is 2.22. The van der Waals surface area contributed by atoms with Crippen LogP contribution < -0.4 is 5.48 Å². The summed E-state index contributed by atoms with van der Waals surface area (Å²) in [5, 5.41) is 8.59. The Kier molecular flexibility index (Phi) is 8.33. The molecule has 186 valence electrons. The molecular weight excluding hydrogens is 440 g/mol. The Balaban J connectivity index is 1.35. The molecule has 0 radical (unpaired) electrons. The van der Waals surface area contributed by atoms with Crippen molar-refractivity contribution >= 4 is 17.9 Å². The number of nitrogens with zero attached hydrogens (tertiary/aromatic N) is 3. The molecular formula is C28H36N4O3. The first-order chi connectivity index (χ1) is 16.9. The zero-order chi connectivity index (χ0) is 24.8. The molecule has 2 atom stereocenters. The number of carbonyl (C=O) groups excluding carboxylic acids is 2. The van der Waals surface area contributed by atoms with Crippen molar-refractivity contribution in [2.75, 3.05) is 26.2 Å². The van der Waals surface area contributed by atoms with Crippen molar-refractivity contribution in [3.63, 3.8) is 0 Å². The third-order valence-corrected chi connectivity index (χ3v) is 7.05. The van der Waals surface area contributed by atoms with Gasteiger partial charge in [0.2, 0.25) is 0 Å². The lowest BCUT2D eigenvalue weighted by atomic mass is 10.0. The van der Waals surface area contributed by atoms with Gasteiger partial charge in [-0.2, -0.15) is 0 Å². The van der Waals surface area contributed by atoms with E-state index in [1.807, 2.05) is 29.2 Å². The van der Waals surface area contributed by atoms with Crippen LogP contribution in [0, 0.1) is 0 Å². The van der Waals surface area contributed by atoms with Crippen LogP contribution in [0.5, 0.6) is 0 Å². The molecule has 2 aliphatic heterocycles. The van der Waals surface area contributed by atoms with E-state index in [0.717, 1.165) is 37.3 Å². The molecule has 0 spiro atoms. The van der Waals surface area contributed by atoms with Gasteiger partial charge in [0.15, 0.2) is 0 Å². The summed E-state index contributed by atoms with van der Waals surface area (Å²) in [6.07, 6.45) is 5.48. The fraction of sp³-hybridized carbons (Fsp3) is 0.429. The zero-order valence-electron chi connectivity index (χ0n) is 20.7. The lowest BCUT2D eigenvalue weighted by Crippen LogP contribution is -2.57. The molecule has 2 aromatic rings. The molecule has 7 heteroatoms. The smallest absolute Gasteiger partial charge is 0.267 e. The van der Waals surface area contributed by atoms with Crippen LogP contribution >= 0.6 is 0 Å². The van der Waals surface area contributed by atoms with Gasteiger partial charge in [0.1, 0.15) is 0 Å². The molecule has 2 aromatic carbocycles. The van der Waals surface area contributed by atoms with E-state index in [-0.39, 0.29) is 18.0 Å². The number of likely N-dealkylation sites (tertiary alicyclic amines) is 1. The summed E-state index contributed by atoms with van der Waals surface area (Å²) in [5.41, 5.74) is 5.66. The van der Waals surface area contributed by atoms with Crippen LogP contribution in [0.2, 0.25) is 0 Å². The van der Waals surface area contributed by atoms with Crippen LogP contribution in [0.15, 0.2) is 54.6 Å². The number of piperazine rings is 1. The van der Waals surface area contributed by atoms with Crippen molar-refractivity contribution in [3.05, 3.63) is 76.9 Å². The molecule has 0 bridgehead atoms. The Bertz CT molecular complexity index is 1030. The minimum Gasteiger partial charge on any atom is -0.336 e. The van der Waals surface area contributed by atoms with Crippen molar-refractivity contribution in [3.8, 4) is 0 Å². The monoisotopic (exact) mass is 476 g/mol. The summed E-state index contributed by atoms with van der Waals surface area (Å²) in [6, 6.07) is 16.7. The molecule has 0 saturated carbocycles. The molecule has 0 aliphatic carbocycles. The van der Waals surface area contributed by atoms with Crippen LogP contribution in [0.3, 0.4) is 0 Å². The molecule has 2 aliphatic rings. The molecule has 7 nitrogen and oxygen atoms in total. The summed E-state index contributed by atoms with van der Waals surface area (Å²) in [7, 11) is 0. The normalized spacial score (nSPS) is 21.5. The standard InChI is InChI=1S/C28H36N4O3/c1-21-17-31(28(34)26-7-5-6-25(16-26)19-30-14-3-4-15-30)18-22(2)32(21)20-24-10-8-23(9-11-24)12-13-27(33)29-35/h5-13,16,21-22,35H,3-4,14-15,17-20H2,1-2H3,(H,29,33)/t21-,22+. The number of rotatable bonds is 7. The van der Waals surface area contributed by atoms with Crippen molar-refractivity contribution in [1.82, 2.24) is 20.2 Å². The van der Waals surface area contributed by atoms with Crippen LogP contribution in [-0.2, 0) is 17.9 Å². The minimum absolute atomic E-state index is 0.120. The molecule has 2 saturated heterocycles. The molecule has 2 fully saturated rings. The van der Waals surface area contributed by atoms with Crippen LogP contribution in [0.1, 0.15) is 53.7 Å². The minimum atomic E-state index is -0.553. The Labute approximate surface area is 208 Å². The molecule has 2 amide bonds. The number of hydrogen-bond acceptors (Lipinski definition) is 5. The predicted molar refractivity (Wildman–Crippen MR) is 137 cm³/mol. The maximum Gasteiger partial charge on any atom is 0.267 e. The number of hydroxylamine groups is 1. The lowest BCUT2D eigenvalue weighted by Gasteiger charge is -2.44. The third-order valence-electron chi connectivity index (χ3n) is 7.05. The lowest BCUT2D eigenvalue weighted by molar-refractivity contribution is -0.124. The van der Waals surface area contributed by atoms with Crippen molar-refractivity contribution in [2.45, 2.75) is 51.9 Å². The van der Waals surface area contributed by atoms with Crippen LogP contribution in [0.25, 0.3) is 6.08 Å². The molecule has 35 heavy (non-hydrogen) atoms. The zero-order valence-corrected chi connectivity index (χ0v) is 20.7. The summed E-state index contributed by atoms with van der Waals surface area (Å²) < 4.78 is 0. The van der Waals surface area contributed by atoms with E-state index in [4.69, 9.17) is 5.21 Å². The van der Waals surface area contributed by atoms with Gasteiger partial charge in [-0.1, -0.05) is 36.4 Å². The van der Waals surface area contributed by atoms with Crippen molar-refractivity contribution in [2.24, 2.45) is 0 Å². The third kappa shape index (κ3) is 6.57. The highest BCUT2D eigenvalue weighted by molar-refractivity contribution is 5.94. The van der Waals surface area contributed by atoms with Gasteiger partial charge >= 0.3 is 0 Å². The topological polar surface area (TPSA) is 76.1 Å². The second kappa shape index (κ2) is 11.6. The van der Waals surface area contributed by atoms with E-state index >= 15 is 0 Å². The molecule has 0 aromatic heterocycles. The van der Waals surface area contributed by atoms with E-state index in [1.165, 1.54) is 30.0 Å². The SMILES string of the molecule is C[C@@H]1CN(C(=O)c2cccc(CN3CCCC3)c2)C[C@H](C)N1Cc1ccc(C=CC(=O)NO)cc1. The van der Waals surface area contributed by atoms with Crippen molar-refractivity contribution in [1.29, 1.82) is 0 Å². The quantitative estimate of drug-likeness (QED) is 0.363. The highest BCUT2D eigenvalue weighted by Gasteiger charge is 2.32. The maximum absolute atomic E-state index is 13.4. The van der Waals surface area contributed by atoms with E-state index in [2.05, 4.69) is 47.9 Å². The Morgan fingerprint density at radius 2 is 1.66 bits per heavy atom. The largest absolute Gasteiger partial charge is 0.336 e. The fourth-order valence-electron chi connectivity index (χ4n) is 5.17. The molecule has 0 unspecified atom stereocenters. The highest BCUT2D eigenvalue weighted by atomic mass is 16.5. The summed E-state index contributed by atoms with van der Waals surface area (Å²) in [6.45, 7) is 9.80. The predicted octanol–water partition coefficient (Wildman–Crippen LogP) is 3.54. The average molecular weight is 477 g/mol. The number of carbonyl (C=O) groups is 2.